The molecule has 0 unspecified atom stereocenters. The number of carbonyl (C=O) groups is 2. The van der Waals surface area contributed by atoms with Crippen molar-refractivity contribution in [2.75, 3.05) is 33.4 Å². The molecule has 2 aromatic rings. The Bertz CT molecular complexity index is 1110. The number of amides is 2. The molecule has 1 aliphatic carbocycles. The summed E-state index contributed by atoms with van der Waals surface area (Å²) in [6.07, 6.45) is 2.79. The van der Waals surface area contributed by atoms with Gasteiger partial charge in [0.2, 0.25) is 5.76 Å². The Balaban J connectivity index is 1.40. The fourth-order valence-corrected chi connectivity index (χ4v) is 5.61. The van der Waals surface area contributed by atoms with Gasteiger partial charge in [0.1, 0.15) is 24.7 Å². The maximum atomic E-state index is 13.1. The van der Waals surface area contributed by atoms with Crippen LogP contribution in [0.5, 0.6) is 0 Å². The molecule has 5 rings (SSSR count). The van der Waals surface area contributed by atoms with Crippen molar-refractivity contribution in [2.24, 2.45) is 0 Å². The van der Waals surface area contributed by atoms with Crippen LogP contribution in [0.3, 0.4) is 0 Å². The molecule has 1 aromatic heterocycles. The molecule has 2 atom stereocenters. The highest BCUT2D eigenvalue weighted by Crippen LogP contribution is 2.52. The number of carbonyl (C=O) groups excluding carboxylic acids is 2. The van der Waals surface area contributed by atoms with Gasteiger partial charge in [0, 0.05) is 31.8 Å². The molecule has 8 nitrogen and oxygen atoms in total. The third-order valence-corrected chi connectivity index (χ3v) is 7.22. The molecule has 8 heteroatoms. The minimum absolute atomic E-state index is 0.132. The summed E-state index contributed by atoms with van der Waals surface area (Å²) in [4.78, 5) is 32.1. The predicted octanol–water partition coefficient (Wildman–Crippen LogP) is 2.72. The van der Waals surface area contributed by atoms with Crippen molar-refractivity contribution in [2.45, 2.75) is 37.3 Å². The van der Waals surface area contributed by atoms with Crippen LogP contribution in [-0.2, 0) is 24.4 Å². The number of pyridine rings is 1. The number of hydrogen-bond acceptors (Lipinski definition) is 6. The average molecular weight is 464 g/mol. The van der Waals surface area contributed by atoms with E-state index in [4.69, 9.17) is 14.2 Å². The number of methoxy groups -OCH3 is 1. The molecule has 178 valence electrons. The van der Waals surface area contributed by atoms with Gasteiger partial charge in [-0.25, -0.2) is 0 Å². The van der Waals surface area contributed by atoms with Gasteiger partial charge in [-0.1, -0.05) is 30.3 Å². The second-order valence-electron chi connectivity index (χ2n) is 8.94. The van der Waals surface area contributed by atoms with Gasteiger partial charge < -0.3 is 24.4 Å². The smallest absolute Gasteiger partial charge is 0.292 e. The van der Waals surface area contributed by atoms with E-state index in [2.05, 4.69) is 22.4 Å². The molecule has 1 N–H and O–H groups in total. The van der Waals surface area contributed by atoms with Crippen LogP contribution in [0.1, 0.15) is 47.4 Å². The first-order chi connectivity index (χ1) is 16.5. The average Bonchev–Trinajstić information content (AvgIpc) is 3.13. The van der Waals surface area contributed by atoms with E-state index in [1.54, 1.807) is 38.4 Å². The number of likely N-dealkylation sites (tertiary alicyclic amines) is 1. The van der Waals surface area contributed by atoms with Crippen LogP contribution >= 0.6 is 0 Å². The summed E-state index contributed by atoms with van der Waals surface area (Å²) < 4.78 is 17.2. The van der Waals surface area contributed by atoms with Gasteiger partial charge in [0.15, 0.2) is 0 Å². The fourth-order valence-electron chi connectivity index (χ4n) is 5.61. The number of aromatic nitrogens is 1. The van der Waals surface area contributed by atoms with Crippen LogP contribution in [0.4, 0.5) is 0 Å². The van der Waals surface area contributed by atoms with E-state index in [-0.39, 0.29) is 29.4 Å². The number of hydrogen-bond donors (Lipinski definition) is 1. The molecular weight excluding hydrogens is 434 g/mol. The zero-order valence-electron chi connectivity index (χ0n) is 19.5. The molecule has 2 amide bonds. The van der Waals surface area contributed by atoms with E-state index in [9.17, 15) is 9.59 Å². The van der Waals surface area contributed by atoms with Gasteiger partial charge in [-0.15, -0.1) is 0 Å². The van der Waals surface area contributed by atoms with Crippen molar-refractivity contribution < 1.29 is 23.8 Å². The van der Waals surface area contributed by atoms with Crippen molar-refractivity contribution in [3.8, 4) is 0 Å². The zero-order valence-corrected chi connectivity index (χ0v) is 19.5. The van der Waals surface area contributed by atoms with Crippen molar-refractivity contribution in [3.63, 3.8) is 0 Å². The predicted molar refractivity (Wildman–Crippen MR) is 124 cm³/mol. The lowest BCUT2D eigenvalue weighted by Crippen LogP contribution is -2.52. The molecule has 1 aromatic carbocycles. The molecule has 2 aliphatic heterocycles. The summed E-state index contributed by atoms with van der Waals surface area (Å²) in [5.74, 6) is 0.476. The Morgan fingerprint density at radius 1 is 1.09 bits per heavy atom. The minimum atomic E-state index is -0.308. The zero-order chi connectivity index (χ0) is 23.7. The second-order valence-corrected chi connectivity index (χ2v) is 8.94. The van der Waals surface area contributed by atoms with E-state index >= 15 is 0 Å². The van der Waals surface area contributed by atoms with E-state index in [1.165, 1.54) is 5.56 Å². The highest BCUT2D eigenvalue weighted by molar-refractivity contribution is 5.93. The monoisotopic (exact) mass is 463 g/mol. The van der Waals surface area contributed by atoms with Gasteiger partial charge in [-0.05, 0) is 43.0 Å². The van der Waals surface area contributed by atoms with Crippen molar-refractivity contribution >= 4 is 11.8 Å². The number of fused-ring (bicyclic) bond motifs is 2. The lowest BCUT2D eigenvalue weighted by Gasteiger charge is -2.44. The van der Waals surface area contributed by atoms with E-state index in [0.29, 0.717) is 43.5 Å². The summed E-state index contributed by atoms with van der Waals surface area (Å²) in [5.41, 5.74) is 2.29. The molecule has 1 saturated heterocycles. The lowest BCUT2D eigenvalue weighted by molar-refractivity contribution is -0.135. The SMILES string of the molecule is CO[C@H]1[C@H](NC(=O)c2ccccn2)c2ccccc2C12CCN(C(=O)C1=C(C)OCCO1)CC2. The summed E-state index contributed by atoms with van der Waals surface area (Å²) in [5, 5.41) is 3.16. The number of allylic oxidation sites excluding steroid dienone is 1. The molecular formula is C26H29N3O5. The maximum absolute atomic E-state index is 13.1. The first kappa shape index (κ1) is 22.4. The number of nitrogens with one attached hydrogen (secondary N) is 1. The number of ether oxygens (including phenoxy) is 3. The lowest BCUT2D eigenvalue weighted by atomic mass is 9.72. The Morgan fingerprint density at radius 2 is 1.82 bits per heavy atom. The van der Waals surface area contributed by atoms with Crippen LogP contribution in [-0.4, -0.2) is 61.2 Å². The standard InChI is InChI=1S/C26H29N3O5/c1-17-22(34-16-15-33-17)25(31)29-13-10-26(11-14-29)19-8-4-3-7-18(19)21(23(26)32-2)28-24(30)20-9-5-6-12-27-20/h3-9,12,21,23H,10-11,13-16H2,1-2H3,(H,28,30)/t21-,23+/m1/s1. The van der Waals surface area contributed by atoms with E-state index in [1.807, 2.05) is 17.0 Å². The molecule has 0 radical (unpaired) electrons. The second kappa shape index (κ2) is 9.10. The maximum Gasteiger partial charge on any atom is 0.292 e. The van der Waals surface area contributed by atoms with Gasteiger partial charge in [-0.3, -0.25) is 14.6 Å². The third kappa shape index (κ3) is 3.72. The van der Waals surface area contributed by atoms with Crippen LogP contribution < -0.4 is 5.32 Å². The van der Waals surface area contributed by atoms with Crippen molar-refractivity contribution in [3.05, 3.63) is 77.0 Å². The minimum Gasteiger partial charge on any atom is -0.491 e. The van der Waals surface area contributed by atoms with E-state index in [0.717, 1.165) is 18.4 Å². The third-order valence-electron chi connectivity index (χ3n) is 7.22. The molecule has 3 aliphatic rings. The van der Waals surface area contributed by atoms with Crippen LogP contribution in [0.15, 0.2) is 60.2 Å². The largest absolute Gasteiger partial charge is 0.491 e. The Kier molecular flexibility index (Phi) is 6.00. The number of rotatable bonds is 4. The van der Waals surface area contributed by atoms with Gasteiger partial charge in [-0.2, -0.15) is 0 Å². The Hall–Kier alpha value is -3.39. The number of benzene rings is 1. The Morgan fingerprint density at radius 3 is 2.53 bits per heavy atom. The van der Waals surface area contributed by atoms with Crippen molar-refractivity contribution in [1.82, 2.24) is 15.2 Å². The molecule has 0 bridgehead atoms. The summed E-state index contributed by atoms with van der Waals surface area (Å²) in [7, 11) is 1.69. The topological polar surface area (TPSA) is 90.0 Å². The summed E-state index contributed by atoms with van der Waals surface area (Å²) in [6.45, 7) is 3.74. The quantitative estimate of drug-likeness (QED) is 0.750. The highest BCUT2D eigenvalue weighted by atomic mass is 16.6. The van der Waals surface area contributed by atoms with Crippen LogP contribution in [0.2, 0.25) is 0 Å². The Labute approximate surface area is 198 Å². The molecule has 3 heterocycles. The molecule has 0 saturated carbocycles. The van der Waals surface area contributed by atoms with Gasteiger partial charge in [0.05, 0.1) is 12.1 Å². The van der Waals surface area contributed by atoms with Crippen LogP contribution in [0, 0.1) is 0 Å². The highest BCUT2D eigenvalue weighted by Gasteiger charge is 2.54. The first-order valence-electron chi connectivity index (χ1n) is 11.6. The van der Waals surface area contributed by atoms with E-state index < -0.39 is 0 Å². The van der Waals surface area contributed by atoms with Gasteiger partial charge >= 0.3 is 0 Å². The molecule has 34 heavy (non-hydrogen) atoms. The number of nitrogens with zero attached hydrogens (tertiary/aromatic N) is 2. The van der Waals surface area contributed by atoms with Gasteiger partial charge in [0.25, 0.3) is 11.8 Å². The normalized spacial score (nSPS) is 23.2. The summed E-state index contributed by atoms with van der Waals surface area (Å²) >= 11 is 0. The fraction of sp³-hybridized carbons (Fsp3) is 0.423. The molecule has 1 spiro atoms. The molecule has 1 fully saturated rings. The first-order valence-corrected chi connectivity index (χ1v) is 11.6. The van der Waals surface area contributed by atoms with Crippen molar-refractivity contribution in [1.29, 1.82) is 0 Å². The summed E-state index contributed by atoms with van der Waals surface area (Å²) in [6, 6.07) is 13.2. The number of piperidine rings is 1. The van der Waals surface area contributed by atoms with Crippen LogP contribution in [0.25, 0.3) is 0 Å².